The molecule has 0 saturated heterocycles. The lowest BCUT2D eigenvalue weighted by atomic mass is 9.76. The fraction of sp³-hybridized carbons (Fsp3) is 0.714. The summed E-state index contributed by atoms with van der Waals surface area (Å²) in [5, 5.41) is 0. The van der Waals surface area contributed by atoms with E-state index in [-0.39, 0.29) is 0 Å². The molecule has 14 heavy (non-hydrogen) atoms. The van der Waals surface area contributed by atoms with E-state index in [1.165, 1.54) is 0 Å². The van der Waals surface area contributed by atoms with Crippen LogP contribution in [0.25, 0.3) is 0 Å². The maximum atomic E-state index is 5.90. The van der Waals surface area contributed by atoms with E-state index in [4.69, 9.17) is 40.1 Å². The van der Waals surface area contributed by atoms with Gasteiger partial charge in [-0.25, -0.2) is 0 Å². The molecule has 1 atom stereocenters. The Hall–Kier alpha value is -0.540. The highest BCUT2D eigenvalue weighted by molar-refractivity contribution is 5.27. The van der Waals surface area contributed by atoms with Gasteiger partial charge in [-0.3, -0.25) is 0 Å². The minimum Gasteiger partial charge on any atom is -0.317 e. The van der Waals surface area contributed by atoms with Crippen LogP contribution in [0.15, 0.2) is 12.2 Å². The molecule has 84 valence electrons. The first kappa shape index (κ1) is 13.5. The average Bonchev–Trinajstić information content (AvgIpc) is 2.01. The summed E-state index contributed by atoms with van der Waals surface area (Å²) in [5.41, 5.74) is 36.6. The molecule has 0 spiro atoms. The minimum absolute atomic E-state index is 0.429. The molecule has 1 unspecified atom stereocenters. The van der Waals surface area contributed by atoms with Gasteiger partial charge in [0.2, 0.25) is 0 Å². The molecule has 0 aromatic carbocycles. The lowest BCUT2D eigenvalue weighted by molar-refractivity contribution is 0.191. The maximum Gasteiger partial charge on any atom is 0.118 e. The first-order valence-corrected chi connectivity index (χ1v) is 4.13. The Bertz CT molecular complexity index is 222. The van der Waals surface area contributed by atoms with Gasteiger partial charge < -0.3 is 40.1 Å². The molecule has 14 N–H and O–H groups in total. The summed E-state index contributed by atoms with van der Waals surface area (Å²) >= 11 is 0. The molecule has 0 fully saturated rings. The molecule has 7 nitrogen and oxygen atoms in total. The van der Waals surface area contributed by atoms with Crippen molar-refractivity contribution in [3.05, 3.63) is 12.2 Å². The van der Waals surface area contributed by atoms with Crippen molar-refractivity contribution < 1.29 is 0 Å². The zero-order valence-electron chi connectivity index (χ0n) is 8.40. The molecule has 0 rings (SSSR count). The Balaban J connectivity index is 5.32. The zero-order valence-corrected chi connectivity index (χ0v) is 8.40. The van der Waals surface area contributed by atoms with Crippen LogP contribution in [0, 0.1) is 0 Å². The third-order valence-electron chi connectivity index (χ3n) is 2.50. The van der Waals surface area contributed by atoms with Crippen LogP contribution < -0.4 is 40.1 Å². The van der Waals surface area contributed by atoms with E-state index in [0.29, 0.717) is 5.57 Å². The molecule has 0 saturated carbocycles. The van der Waals surface area contributed by atoms with Crippen molar-refractivity contribution in [3.8, 4) is 0 Å². The van der Waals surface area contributed by atoms with Crippen LogP contribution in [0.2, 0.25) is 0 Å². The largest absolute Gasteiger partial charge is 0.317 e. The van der Waals surface area contributed by atoms with Crippen LogP contribution >= 0.6 is 0 Å². The standard InChI is InChI=1S/C7H21N7/c1-3(2)6(12,4(8)9)7(13,14)5(10)11/h4-5H,1,8-14H2,2H3. The van der Waals surface area contributed by atoms with E-state index >= 15 is 0 Å². The minimum atomic E-state index is -1.62. The fourth-order valence-electron chi connectivity index (χ4n) is 1.22. The van der Waals surface area contributed by atoms with Crippen LogP contribution in [0.5, 0.6) is 0 Å². The van der Waals surface area contributed by atoms with Gasteiger partial charge >= 0.3 is 0 Å². The maximum absolute atomic E-state index is 5.90. The smallest absolute Gasteiger partial charge is 0.118 e. The van der Waals surface area contributed by atoms with Crippen LogP contribution in [-0.2, 0) is 0 Å². The second-order valence-corrected chi connectivity index (χ2v) is 3.63. The molecule has 7 heteroatoms. The summed E-state index contributed by atoms with van der Waals surface area (Å²) in [6, 6.07) is 0. The summed E-state index contributed by atoms with van der Waals surface area (Å²) in [6.07, 6.45) is -2.05. The quantitative estimate of drug-likeness (QED) is 0.181. The average molecular weight is 203 g/mol. The van der Waals surface area contributed by atoms with Crippen molar-refractivity contribution >= 4 is 0 Å². The summed E-state index contributed by atoms with van der Waals surface area (Å²) in [5.74, 6) is 0. The highest BCUT2D eigenvalue weighted by Gasteiger charge is 2.50. The van der Waals surface area contributed by atoms with Crippen LogP contribution in [0.1, 0.15) is 6.92 Å². The Morgan fingerprint density at radius 2 is 1.36 bits per heavy atom. The molecule has 0 aromatic rings. The molecular weight excluding hydrogens is 182 g/mol. The van der Waals surface area contributed by atoms with Crippen molar-refractivity contribution in [2.24, 2.45) is 40.1 Å². The second-order valence-electron chi connectivity index (χ2n) is 3.63. The summed E-state index contributed by atoms with van der Waals surface area (Å²) in [4.78, 5) is 0. The lowest BCUT2D eigenvalue weighted by Crippen LogP contribution is -2.86. The van der Waals surface area contributed by atoms with Gasteiger partial charge in [0.05, 0.1) is 17.9 Å². The van der Waals surface area contributed by atoms with Crippen LogP contribution in [-0.4, -0.2) is 23.5 Å². The molecule has 0 amide bonds. The Morgan fingerprint density at radius 1 is 1.00 bits per heavy atom. The Labute approximate surface area is 83.6 Å². The van der Waals surface area contributed by atoms with Crippen molar-refractivity contribution in [1.82, 2.24) is 0 Å². The van der Waals surface area contributed by atoms with Gasteiger partial charge in [0.1, 0.15) is 5.66 Å². The topological polar surface area (TPSA) is 182 Å². The highest BCUT2D eigenvalue weighted by atomic mass is 15.2. The lowest BCUT2D eigenvalue weighted by Gasteiger charge is -2.47. The van der Waals surface area contributed by atoms with E-state index in [1.54, 1.807) is 6.92 Å². The van der Waals surface area contributed by atoms with E-state index in [2.05, 4.69) is 6.58 Å². The fourth-order valence-corrected chi connectivity index (χ4v) is 1.22. The third-order valence-corrected chi connectivity index (χ3v) is 2.50. The predicted molar refractivity (Wildman–Crippen MR) is 57.2 cm³/mol. The SMILES string of the molecule is C=C(C)C(N)(C(N)N)C(N)(N)C(N)N. The molecular formula is C7H21N7. The van der Waals surface area contributed by atoms with Gasteiger partial charge in [0, 0.05) is 0 Å². The molecule has 0 heterocycles. The van der Waals surface area contributed by atoms with Gasteiger partial charge in [-0.15, -0.1) is 0 Å². The van der Waals surface area contributed by atoms with E-state index < -0.39 is 23.5 Å². The molecule has 0 aliphatic rings. The van der Waals surface area contributed by atoms with E-state index in [9.17, 15) is 0 Å². The first-order chi connectivity index (χ1) is 6.08. The molecule has 0 aromatic heterocycles. The Kier molecular flexibility index (Phi) is 3.76. The number of hydrogen-bond acceptors (Lipinski definition) is 7. The van der Waals surface area contributed by atoms with E-state index in [1.807, 2.05) is 0 Å². The second kappa shape index (κ2) is 3.91. The van der Waals surface area contributed by atoms with Gasteiger partial charge in [0.15, 0.2) is 0 Å². The monoisotopic (exact) mass is 203 g/mol. The molecule has 0 aliphatic carbocycles. The summed E-state index contributed by atoms with van der Waals surface area (Å²) < 4.78 is 0. The number of nitrogens with two attached hydrogens (primary N) is 7. The summed E-state index contributed by atoms with van der Waals surface area (Å²) in [7, 11) is 0. The highest BCUT2D eigenvalue weighted by Crippen LogP contribution is 2.22. The van der Waals surface area contributed by atoms with Gasteiger partial charge in [0.25, 0.3) is 0 Å². The molecule has 0 aliphatic heterocycles. The van der Waals surface area contributed by atoms with Crippen molar-refractivity contribution in [3.63, 3.8) is 0 Å². The number of hydrogen-bond donors (Lipinski definition) is 7. The number of rotatable bonds is 4. The Morgan fingerprint density at radius 3 is 1.43 bits per heavy atom. The normalized spacial score (nSPS) is 17.3. The predicted octanol–water partition coefficient (Wildman–Crippen LogP) is -3.64. The first-order valence-electron chi connectivity index (χ1n) is 4.13. The van der Waals surface area contributed by atoms with Gasteiger partial charge in [-0.1, -0.05) is 12.2 Å². The zero-order chi connectivity index (χ0) is 11.7. The van der Waals surface area contributed by atoms with Gasteiger partial charge in [-0.2, -0.15) is 0 Å². The van der Waals surface area contributed by atoms with Crippen molar-refractivity contribution in [2.75, 3.05) is 0 Å². The third kappa shape index (κ3) is 1.79. The molecule has 0 bridgehead atoms. The van der Waals surface area contributed by atoms with Crippen molar-refractivity contribution in [1.29, 1.82) is 0 Å². The van der Waals surface area contributed by atoms with Crippen molar-refractivity contribution in [2.45, 2.75) is 30.5 Å². The summed E-state index contributed by atoms with van der Waals surface area (Å²) in [6.45, 7) is 5.26. The molecule has 0 radical (unpaired) electrons. The van der Waals surface area contributed by atoms with E-state index in [0.717, 1.165) is 0 Å². The van der Waals surface area contributed by atoms with Crippen LogP contribution in [0.4, 0.5) is 0 Å². The van der Waals surface area contributed by atoms with Crippen LogP contribution in [0.3, 0.4) is 0 Å². The van der Waals surface area contributed by atoms with Gasteiger partial charge in [-0.05, 0) is 6.92 Å².